The first-order chi connectivity index (χ1) is 9.38. The molecule has 1 aliphatic heterocycles. The summed E-state index contributed by atoms with van der Waals surface area (Å²) in [7, 11) is 0. The predicted molar refractivity (Wildman–Crippen MR) is 76.9 cm³/mol. The Morgan fingerprint density at radius 2 is 2.26 bits per heavy atom. The summed E-state index contributed by atoms with van der Waals surface area (Å²) >= 11 is 0. The van der Waals surface area contributed by atoms with Crippen molar-refractivity contribution in [2.45, 2.75) is 32.9 Å². The van der Waals surface area contributed by atoms with E-state index in [9.17, 15) is 0 Å². The first-order valence-electron chi connectivity index (χ1n) is 7.33. The molecule has 0 aliphatic carbocycles. The van der Waals surface area contributed by atoms with E-state index in [1.807, 2.05) is 6.20 Å². The van der Waals surface area contributed by atoms with Crippen LogP contribution in [0.2, 0.25) is 0 Å². The fourth-order valence-corrected chi connectivity index (χ4v) is 2.25. The van der Waals surface area contributed by atoms with Crippen LogP contribution in [0.1, 0.15) is 31.0 Å². The molecule has 1 aromatic heterocycles. The van der Waals surface area contributed by atoms with E-state index in [-0.39, 0.29) is 0 Å². The summed E-state index contributed by atoms with van der Waals surface area (Å²) in [4.78, 5) is 6.98. The van der Waals surface area contributed by atoms with Gasteiger partial charge in [-0.25, -0.2) is 0 Å². The van der Waals surface area contributed by atoms with E-state index in [0.29, 0.717) is 0 Å². The number of nitrogens with one attached hydrogen (secondary N) is 1. The van der Waals surface area contributed by atoms with Crippen LogP contribution >= 0.6 is 0 Å². The number of hydrogen-bond acceptors (Lipinski definition) is 4. The molecule has 0 unspecified atom stereocenters. The SMILES string of the molecule is CCCNCc1ccc(CN2CCCOCC2)nc1. The Hall–Kier alpha value is -0.970. The van der Waals surface area contributed by atoms with Gasteiger partial charge in [0.1, 0.15) is 0 Å². The minimum absolute atomic E-state index is 0.846. The standard InChI is InChI=1S/C15H25N3O/c1-2-6-16-11-14-4-5-15(17-12-14)13-18-7-3-9-19-10-8-18/h4-5,12,16H,2-3,6-11,13H2,1H3. The molecule has 2 rings (SSSR count). The molecule has 0 aromatic carbocycles. The van der Waals surface area contributed by atoms with Gasteiger partial charge >= 0.3 is 0 Å². The fraction of sp³-hybridized carbons (Fsp3) is 0.667. The van der Waals surface area contributed by atoms with Gasteiger partial charge in [-0.05, 0) is 31.0 Å². The minimum Gasteiger partial charge on any atom is -0.380 e. The number of aromatic nitrogens is 1. The highest BCUT2D eigenvalue weighted by Gasteiger charge is 2.10. The van der Waals surface area contributed by atoms with Gasteiger partial charge in [-0.15, -0.1) is 0 Å². The Morgan fingerprint density at radius 3 is 3.05 bits per heavy atom. The summed E-state index contributed by atoms with van der Waals surface area (Å²) in [6, 6.07) is 4.33. The highest BCUT2D eigenvalue weighted by Crippen LogP contribution is 2.07. The molecular formula is C15H25N3O. The molecule has 1 N–H and O–H groups in total. The Labute approximate surface area is 116 Å². The van der Waals surface area contributed by atoms with Gasteiger partial charge in [0.05, 0.1) is 12.3 Å². The van der Waals surface area contributed by atoms with E-state index in [1.54, 1.807) is 0 Å². The minimum atomic E-state index is 0.846. The van der Waals surface area contributed by atoms with E-state index in [0.717, 1.165) is 58.1 Å². The number of hydrogen-bond donors (Lipinski definition) is 1. The van der Waals surface area contributed by atoms with Crippen LogP contribution in [0.15, 0.2) is 18.3 Å². The van der Waals surface area contributed by atoms with Gasteiger partial charge in [0.2, 0.25) is 0 Å². The van der Waals surface area contributed by atoms with Gasteiger partial charge in [-0.3, -0.25) is 9.88 Å². The van der Waals surface area contributed by atoms with Crippen LogP contribution in [0, 0.1) is 0 Å². The molecule has 2 heterocycles. The summed E-state index contributed by atoms with van der Waals surface area (Å²) < 4.78 is 5.47. The van der Waals surface area contributed by atoms with Gasteiger partial charge < -0.3 is 10.1 Å². The first-order valence-corrected chi connectivity index (χ1v) is 7.33. The second-order valence-corrected chi connectivity index (χ2v) is 5.08. The summed E-state index contributed by atoms with van der Waals surface area (Å²) in [5, 5.41) is 3.39. The lowest BCUT2D eigenvalue weighted by Crippen LogP contribution is -2.26. The average Bonchev–Trinajstić information content (AvgIpc) is 2.70. The maximum Gasteiger partial charge on any atom is 0.0593 e. The van der Waals surface area contributed by atoms with Gasteiger partial charge in [-0.1, -0.05) is 13.0 Å². The maximum atomic E-state index is 5.47. The van der Waals surface area contributed by atoms with Crippen LogP contribution in [0.5, 0.6) is 0 Å². The Bertz CT molecular complexity index is 345. The van der Waals surface area contributed by atoms with Crippen molar-refractivity contribution in [1.82, 2.24) is 15.2 Å². The average molecular weight is 263 g/mol. The van der Waals surface area contributed by atoms with Crippen LogP contribution < -0.4 is 5.32 Å². The van der Waals surface area contributed by atoms with E-state index >= 15 is 0 Å². The van der Waals surface area contributed by atoms with Crippen molar-refractivity contribution in [2.75, 3.05) is 32.8 Å². The molecule has 1 saturated heterocycles. The van der Waals surface area contributed by atoms with Crippen molar-refractivity contribution in [3.8, 4) is 0 Å². The molecule has 1 aromatic rings. The van der Waals surface area contributed by atoms with Crippen molar-refractivity contribution >= 4 is 0 Å². The quantitative estimate of drug-likeness (QED) is 0.794. The number of pyridine rings is 1. The van der Waals surface area contributed by atoms with E-state index in [4.69, 9.17) is 4.74 Å². The monoisotopic (exact) mass is 263 g/mol. The van der Waals surface area contributed by atoms with Gasteiger partial charge in [0, 0.05) is 39.0 Å². The van der Waals surface area contributed by atoms with Gasteiger partial charge in [0.15, 0.2) is 0 Å². The van der Waals surface area contributed by atoms with Crippen LogP contribution in [0.25, 0.3) is 0 Å². The van der Waals surface area contributed by atoms with E-state index in [1.165, 1.54) is 12.0 Å². The molecule has 0 bridgehead atoms. The smallest absolute Gasteiger partial charge is 0.0593 e. The molecule has 0 saturated carbocycles. The second kappa shape index (κ2) is 8.25. The largest absolute Gasteiger partial charge is 0.380 e. The zero-order chi connectivity index (χ0) is 13.3. The third-order valence-corrected chi connectivity index (χ3v) is 3.34. The van der Waals surface area contributed by atoms with E-state index < -0.39 is 0 Å². The molecule has 1 fully saturated rings. The van der Waals surface area contributed by atoms with Crippen molar-refractivity contribution in [2.24, 2.45) is 0 Å². The second-order valence-electron chi connectivity index (χ2n) is 5.08. The summed E-state index contributed by atoms with van der Waals surface area (Å²) in [5.74, 6) is 0. The summed E-state index contributed by atoms with van der Waals surface area (Å²) in [6.07, 6.45) is 4.29. The van der Waals surface area contributed by atoms with Gasteiger partial charge in [-0.2, -0.15) is 0 Å². The molecule has 19 heavy (non-hydrogen) atoms. The van der Waals surface area contributed by atoms with Crippen molar-refractivity contribution in [3.05, 3.63) is 29.6 Å². The summed E-state index contributed by atoms with van der Waals surface area (Å²) in [6.45, 7) is 8.97. The van der Waals surface area contributed by atoms with Crippen LogP contribution in [0.3, 0.4) is 0 Å². The van der Waals surface area contributed by atoms with Crippen molar-refractivity contribution in [3.63, 3.8) is 0 Å². The number of rotatable bonds is 6. The fourth-order valence-electron chi connectivity index (χ4n) is 2.25. The van der Waals surface area contributed by atoms with Crippen molar-refractivity contribution in [1.29, 1.82) is 0 Å². The first kappa shape index (κ1) is 14.4. The molecule has 0 radical (unpaired) electrons. The van der Waals surface area contributed by atoms with Crippen molar-refractivity contribution < 1.29 is 4.74 Å². The zero-order valence-electron chi connectivity index (χ0n) is 11.9. The molecule has 0 amide bonds. The molecule has 4 heteroatoms. The molecular weight excluding hydrogens is 238 g/mol. The molecule has 0 spiro atoms. The Morgan fingerprint density at radius 1 is 1.32 bits per heavy atom. The predicted octanol–water partition coefficient (Wildman–Crippen LogP) is 1.80. The van der Waals surface area contributed by atoms with Crippen LogP contribution in [-0.2, 0) is 17.8 Å². The van der Waals surface area contributed by atoms with E-state index in [2.05, 4.69) is 34.3 Å². The third kappa shape index (κ3) is 5.27. The summed E-state index contributed by atoms with van der Waals surface area (Å²) in [5.41, 5.74) is 2.41. The molecule has 106 valence electrons. The number of nitrogens with zero attached hydrogens (tertiary/aromatic N) is 2. The van der Waals surface area contributed by atoms with Crippen LogP contribution in [0.4, 0.5) is 0 Å². The highest BCUT2D eigenvalue weighted by atomic mass is 16.5. The van der Waals surface area contributed by atoms with Crippen LogP contribution in [-0.4, -0.2) is 42.7 Å². The topological polar surface area (TPSA) is 37.4 Å². The lowest BCUT2D eigenvalue weighted by Gasteiger charge is -2.18. The Kier molecular flexibility index (Phi) is 6.27. The molecule has 4 nitrogen and oxygen atoms in total. The highest BCUT2D eigenvalue weighted by molar-refractivity contribution is 5.14. The zero-order valence-corrected chi connectivity index (χ0v) is 11.9. The lowest BCUT2D eigenvalue weighted by atomic mass is 10.2. The third-order valence-electron chi connectivity index (χ3n) is 3.34. The maximum absolute atomic E-state index is 5.47. The Balaban J connectivity index is 1.80. The lowest BCUT2D eigenvalue weighted by molar-refractivity contribution is 0.140. The normalized spacial score (nSPS) is 17.3. The van der Waals surface area contributed by atoms with Gasteiger partial charge in [0.25, 0.3) is 0 Å². The molecule has 1 aliphatic rings. The molecule has 0 atom stereocenters. The number of ether oxygens (including phenoxy) is 1.